The maximum absolute atomic E-state index is 10.7. The smallest absolute Gasteiger partial charge is 0.250 e. The van der Waals surface area contributed by atoms with Gasteiger partial charge in [-0.1, -0.05) is 0 Å². The topological polar surface area (TPSA) is 22.0 Å². The molecule has 1 rings (SSSR count). The van der Waals surface area contributed by atoms with Gasteiger partial charge in [0.1, 0.15) is 0 Å². The Morgan fingerprint density at radius 2 is 2.22 bits per heavy atom. The van der Waals surface area contributed by atoms with Gasteiger partial charge in [0.05, 0.1) is 0 Å². The highest BCUT2D eigenvalue weighted by molar-refractivity contribution is 7.80. The molecule has 0 saturated heterocycles. The second-order valence-electron chi connectivity index (χ2n) is 1.84. The zero-order chi connectivity index (χ0) is 6.85. The molecule has 0 N–H and O–H groups in total. The molecule has 9 heavy (non-hydrogen) atoms. The molecule has 0 saturated carbocycles. The first-order valence-corrected chi connectivity index (χ1v) is 3.00. The van der Waals surface area contributed by atoms with Gasteiger partial charge in [-0.15, -0.1) is 12.6 Å². The van der Waals surface area contributed by atoms with Crippen LogP contribution in [-0.4, -0.2) is 4.57 Å². The van der Waals surface area contributed by atoms with Gasteiger partial charge in [-0.2, -0.15) is 0 Å². The van der Waals surface area contributed by atoms with E-state index in [1.165, 1.54) is 10.6 Å². The summed E-state index contributed by atoms with van der Waals surface area (Å²) in [7, 11) is 1.70. The Bertz CT molecular complexity index is 266. The van der Waals surface area contributed by atoms with E-state index in [2.05, 4.69) is 12.6 Å². The lowest BCUT2D eigenvalue weighted by molar-refractivity contribution is 0.841. The SMILES string of the molecule is Cn1cc(S)ccc1=O. The largest absolute Gasteiger partial charge is 0.317 e. The standard InChI is InChI=1S/C6H7NOS/c1-7-4-5(9)2-3-6(7)8/h2-4,9H,1H3. The van der Waals surface area contributed by atoms with Crippen LogP contribution in [0.3, 0.4) is 0 Å². The summed E-state index contributed by atoms with van der Waals surface area (Å²) in [6.45, 7) is 0. The van der Waals surface area contributed by atoms with Crippen LogP contribution in [0.2, 0.25) is 0 Å². The molecule has 1 aromatic rings. The molecule has 0 aliphatic heterocycles. The van der Waals surface area contributed by atoms with Crippen LogP contribution in [0.25, 0.3) is 0 Å². The van der Waals surface area contributed by atoms with Crippen LogP contribution in [0.15, 0.2) is 28.0 Å². The van der Waals surface area contributed by atoms with E-state index in [1.54, 1.807) is 19.3 Å². The van der Waals surface area contributed by atoms with Crippen LogP contribution < -0.4 is 5.56 Å². The van der Waals surface area contributed by atoms with Gasteiger partial charge in [0.2, 0.25) is 5.56 Å². The first-order chi connectivity index (χ1) is 4.20. The number of hydrogen-bond acceptors (Lipinski definition) is 2. The molecule has 48 valence electrons. The normalized spacial score (nSPS) is 9.56. The monoisotopic (exact) mass is 141 g/mol. The van der Waals surface area contributed by atoms with E-state index in [1.807, 2.05) is 0 Å². The Labute approximate surface area is 58.5 Å². The van der Waals surface area contributed by atoms with Crippen molar-refractivity contribution in [3.05, 3.63) is 28.7 Å². The Hall–Kier alpha value is -0.700. The van der Waals surface area contributed by atoms with Crippen molar-refractivity contribution in [2.75, 3.05) is 0 Å². The number of aromatic nitrogens is 1. The molecule has 0 spiro atoms. The number of hydrogen-bond donors (Lipinski definition) is 1. The predicted octanol–water partition coefficient (Wildman–Crippen LogP) is 0.674. The number of rotatable bonds is 0. The van der Waals surface area contributed by atoms with Gasteiger partial charge in [-0.25, -0.2) is 0 Å². The summed E-state index contributed by atoms with van der Waals surface area (Å²) in [6, 6.07) is 3.16. The second kappa shape index (κ2) is 2.27. The molecule has 0 fully saturated rings. The van der Waals surface area contributed by atoms with Crippen LogP contribution in [-0.2, 0) is 7.05 Å². The van der Waals surface area contributed by atoms with Crippen molar-refractivity contribution < 1.29 is 0 Å². The molecular weight excluding hydrogens is 134 g/mol. The van der Waals surface area contributed by atoms with Gasteiger partial charge < -0.3 is 4.57 Å². The third-order valence-electron chi connectivity index (χ3n) is 1.07. The highest BCUT2D eigenvalue weighted by Gasteiger charge is 1.86. The van der Waals surface area contributed by atoms with E-state index in [9.17, 15) is 4.79 Å². The van der Waals surface area contributed by atoms with E-state index < -0.39 is 0 Å². The summed E-state index contributed by atoms with van der Waals surface area (Å²) in [5.41, 5.74) is -0.00667. The predicted molar refractivity (Wildman–Crippen MR) is 38.9 cm³/mol. The summed E-state index contributed by atoms with van der Waals surface area (Å²) >= 11 is 4.04. The van der Waals surface area contributed by atoms with E-state index >= 15 is 0 Å². The highest BCUT2D eigenvalue weighted by atomic mass is 32.1. The average Bonchev–Trinajstić information content (AvgIpc) is 1.80. The molecule has 0 unspecified atom stereocenters. The number of nitrogens with zero attached hydrogens (tertiary/aromatic N) is 1. The zero-order valence-corrected chi connectivity index (χ0v) is 5.93. The van der Waals surface area contributed by atoms with Crippen molar-refractivity contribution in [3.63, 3.8) is 0 Å². The van der Waals surface area contributed by atoms with Crippen molar-refractivity contribution in [2.24, 2.45) is 7.05 Å². The molecule has 1 aromatic heterocycles. The summed E-state index contributed by atoms with van der Waals surface area (Å²) in [6.07, 6.45) is 1.67. The number of thiol groups is 1. The van der Waals surface area contributed by atoms with Crippen molar-refractivity contribution >= 4 is 12.6 Å². The van der Waals surface area contributed by atoms with Crippen LogP contribution in [0.5, 0.6) is 0 Å². The van der Waals surface area contributed by atoms with E-state index in [-0.39, 0.29) is 5.56 Å². The lowest BCUT2D eigenvalue weighted by atomic mass is 10.5. The first-order valence-electron chi connectivity index (χ1n) is 2.56. The number of aryl methyl sites for hydroxylation is 1. The average molecular weight is 141 g/mol. The van der Waals surface area contributed by atoms with Gasteiger partial charge in [0, 0.05) is 24.2 Å². The van der Waals surface area contributed by atoms with Crippen LogP contribution in [0.4, 0.5) is 0 Å². The fourth-order valence-electron chi connectivity index (χ4n) is 0.579. The van der Waals surface area contributed by atoms with Crippen molar-refractivity contribution in [1.82, 2.24) is 4.57 Å². The fraction of sp³-hybridized carbons (Fsp3) is 0.167. The maximum Gasteiger partial charge on any atom is 0.250 e. The number of pyridine rings is 1. The van der Waals surface area contributed by atoms with E-state index in [0.717, 1.165) is 4.90 Å². The van der Waals surface area contributed by atoms with E-state index in [0.29, 0.717) is 0 Å². The van der Waals surface area contributed by atoms with Gasteiger partial charge in [0.15, 0.2) is 0 Å². The zero-order valence-electron chi connectivity index (χ0n) is 5.03. The minimum absolute atomic E-state index is 0.00667. The van der Waals surface area contributed by atoms with Gasteiger partial charge in [-0.05, 0) is 6.07 Å². The van der Waals surface area contributed by atoms with Crippen molar-refractivity contribution in [1.29, 1.82) is 0 Å². The quantitative estimate of drug-likeness (QED) is 0.527. The Balaban J connectivity index is 3.34. The Morgan fingerprint density at radius 1 is 1.56 bits per heavy atom. The molecule has 0 atom stereocenters. The summed E-state index contributed by atoms with van der Waals surface area (Å²) in [5, 5.41) is 0. The molecule has 0 bridgehead atoms. The van der Waals surface area contributed by atoms with Gasteiger partial charge >= 0.3 is 0 Å². The van der Waals surface area contributed by atoms with Crippen molar-refractivity contribution in [3.8, 4) is 0 Å². The molecular formula is C6H7NOS. The lowest BCUT2D eigenvalue weighted by Crippen LogP contribution is -2.13. The van der Waals surface area contributed by atoms with E-state index in [4.69, 9.17) is 0 Å². The summed E-state index contributed by atoms with van der Waals surface area (Å²) < 4.78 is 1.49. The highest BCUT2D eigenvalue weighted by Crippen LogP contribution is 1.98. The third-order valence-corrected chi connectivity index (χ3v) is 1.33. The minimum Gasteiger partial charge on any atom is -0.317 e. The Kier molecular flexibility index (Phi) is 1.62. The molecule has 0 aliphatic rings. The molecule has 3 heteroatoms. The van der Waals surface area contributed by atoms with Crippen LogP contribution in [0.1, 0.15) is 0 Å². The Morgan fingerprint density at radius 3 is 2.67 bits per heavy atom. The molecule has 0 aromatic carbocycles. The molecule has 0 aliphatic carbocycles. The lowest BCUT2D eigenvalue weighted by Gasteiger charge is -1.94. The second-order valence-corrected chi connectivity index (χ2v) is 2.35. The molecule has 2 nitrogen and oxygen atoms in total. The minimum atomic E-state index is -0.00667. The fourth-order valence-corrected chi connectivity index (χ4v) is 0.827. The molecule has 0 amide bonds. The van der Waals surface area contributed by atoms with Gasteiger partial charge in [-0.3, -0.25) is 4.79 Å². The summed E-state index contributed by atoms with van der Waals surface area (Å²) in [5.74, 6) is 0. The first kappa shape index (κ1) is 6.42. The van der Waals surface area contributed by atoms with Crippen LogP contribution in [0, 0.1) is 0 Å². The maximum atomic E-state index is 10.7. The molecule has 1 heterocycles. The van der Waals surface area contributed by atoms with Gasteiger partial charge in [0.25, 0.3) is 0 Å². The summed E-state index contributed by atoms with van der Waals surface area (Å²) in [4.78, 5) is 11.5. The van der Waals surface area contributed by atoms with Crippen LogP contribution >= 0.6 is 12.6 Å². The van der Waals surface area contributed by atoms with Crippen molar-refractivity contribution in [2.45, 2.75) is 4.90 Å². The third kappa shape index (κ3) is 1.36. The molecule has 0 radical (unpaired) electrons.